The molecular formula is C11H20N2O6S. The quantitative estimate of drug-likeness (QED) is 0.515. The zero-order valence-corrected chi connectivity index (χ0v) is 12.1. The normalized spacial score (nSPS) is 23.7. The van der Waals surface area contributed by atoms with Gasteiger partial charge in [-0.05, 0) is 0 Å². The van der Waals surface area contributed by atoms with E-state index in [1.165, 1.54) is 7.11 Å². The lowest BCUT2D eigenvalue weighted by Gasteiger charge is -2.21. The first-order valence-electron chi connectivity index (χ1n) is 6.24. The number of likely N-dealkylation sites (tertiary alicyclic amines) is 1. The van der Waals surface area contributed by atoms with E-state index in [0.717, 1.165) is 0 Å². The van der Waals surface area contributed by atoms with Crippen molar-refractivity contribution in [2.24, 2.45) is 5.73 Å². The topological polar surface area (TPSA) is 127 Å². The molecule has 0 aromatic rings. The third kappa shape index (κ3) is 5.06. The molecule has 20 heavy (non-hydrogen) atoms. The molecule has 9 heteroatoms. The van der Waals surface area contributed by atoms with E-state index in [9.17, 15) is 23.1 Å². The van der Waals surface area contributed by atoms with Gasteiger partial charge in [0.2, 0.25) is 5.91 Å². The maximum atomic E-state index is 11.7. The lowest BCUT2D eigenvalue weighted by Crippen LogP contribution is -2.40. The van der Waals surface area contributed by atoms with E-state index >= 15 is 0 Å². The molecule has 1 aliphatic heterocycles. The lowest BCUT2D eigenvalue weighted by molar-refractivity contribution is -0.145. The number of nitrogens with two attached hydrogens (primary N) is 1. The Morgan fingerprint density at radius 2 is 2.05 bits per heavy atom. The fourth-order valence-corrected chi connectivity index (χ4v) is 3.35. The van der Waals surface area contributed by atoms with Crippen LogP contribution < -0.4 is 5.73 Å². The van der Waals surface area contributed by atoms with Crippen LogP contribution in [0.1, 0.15) is 12.8 Å². The summed E-state index contributed by atoms with van der Waals surface area (Å²) in [4.78, 5) is 23.7. The minimum atomic E-state index is -3.41. The second-order valence-corrected chi connectivity index (χ2v) is 7.10. The molecule has 0 saturated carbocycles. The number of carbonyl (C=O) groups excluding carboxylic acids is 2. The first-order valence-corrected chi connectivity index (χ1v) is 8.06. The summed E-state index contributed by atoms with van der Waals surface area (Å²) < 4.78 is 28.0. The summed E-state index contributed by atoms with van der Waals surface area (Å²) in [6.07, 6.45) is -0.660. The van der Waals surface area contributed by atoms with Gasteiger partial charge in [-0.1, -0.05) is 0 Å². The first-order chi connectivity index (χ1) is 9.25. The zero-order valence-electron chi connectivity index (χ0n) is 11.3. The molecule has 2 atom stereocenters. The van der Waals surface area contributed by atoms with Gasteiger partial charge in [-0.2, -0.15) is 0 Å². The van der Waals surface area contributed by atoms with Crippen LogP contribution in [0.4, 0.5) is 0 Å². The molecule has 1 saturated heterocycles. The number of rotatable bonds is 7. The third-order valence-corrected chi connectivity index (χ3v) is 4.83. The molecule has 1 fully saturated rings. The van der Waals surface area contributed by atoms with E-state index < -0.39 is 33.9 Å². The number of aliphatic hydroxyl groups is 1. The molecule has 2 unspecified atom stereocenters. The highest BCUT2D eigenvalue weighted by molar-refractivity contribution is 7.91. The SMILES string of the molecule is COC(=O)C1CC(O)CN1CCS(=O)(=O)CCC(N)=O. The zero-order chi connectivity index (χ0) is 15.3. The van der Waals surface area contributed by atoms with E-state index in [1.54, 1.807) is 4.90 Å². The third-order valence-electron chi connectivity index (χ3n) is 3.20. The summed E-state index contributed by atoms with van der Waals surface area (Å²) in [5.41, 5.74) is 4.91. The van der Waals surface area contributed by atoms with Crippen molar-refractivity contribution in [3.8, 4) is 0 Å². The molecule has 0 aromatic carbocycles. The van der Waals surface area contributed by atoms with Crippen LogP contribution in [0.3, 0.4) is 0 Å². The smallest absolute Gasteiger partial charge is 0.323 e. The number of aliphatic hydroxyl groups excluding tert-OH is 1. The van der Waals surface area contributed by atoms with Gasteiger partial charge < -0.3 is 15.6 Å². The number of amides is 1. The van der Waals surface area contributed by atoms with Gasteiger partial charge in [0.1, 0.15) is 6.04 Å². The monoisotopic (exact) mass is 308 g/mol. The summed E-state index contributed by atoms with van der Waals surface area (Å²) >= 11 is 0. The number of nitrogens with zero attached hydrogens (tertiary/aromatic N) is 1. The predicted octanol–water partition coefficient (Wildman–Crippen LogP) is -2.12. The van der Waals surface area contributed by atoms with Gasteiger partial charge in [0.05, 0.1) is 24.7 Å². The summed E-state index contributed by atoms with van der Waals surface area (Å²) in [6, 6.07) is -0.624. The summed E-state index contributed by atoms with van der Waals surface area (Å²) in [5, 5.41) is 9.56. The summed E-state index contributed by atoms with van der Waals surface area (Å²) in [5.74, 6) is -1.66. The molecule has 1 heterocycles. The highest BCUT2D eigenvalue weighted by atomic mass is 32.2. The molecule has 3 N–H and O–H groups in total. The predicted molar refractivity (Wildman–Crippen MR) is 70.5 cm³/mol. The minimum Gasteiger partial charge on any atom is -0.468 e. The van der Waals surface area contributed by atoms with Crippen molar-refractivity contribution < 1.29 is 27.9 Å². The summed E-state index contributed by atoms with van der Waals surface area (Å²) in [6.45, 7) is 0.336. The molecule has 1 amide bonds. The average molecular weight is 308 g/mol. The van der Waals surface area contributed by atoms with Crippen molar-refractivity contribution in [2.45, 2.75) is 25.0 Å². The van der Waals surface area contributed by atoms with E-state index in [4.69, 9.17) is 5.73 Å². The van der Waals surface area contributed by atoms with E-state index in [-0.39, 0.29) is 37.4 Å². The number of hydrogen-bond acceptors (Lipinski definition) is 7. The van der Waals surface area contributed by atoms with Gasteiger partial charge in [-0.15, -0.1) is 0 Å². The number of methoxy groups -OCH3 is 1. The van der Waals surface area contributed by atoms with Crippen molar-refractivity contribution in [1.82, 2.24) is 4.90 Å². The number of primary amides is 1. The average Bonchev–Trinajstić information content (AvgIpc) is 2.75. The molecule has 0 aromatic heterocycles. The number of sulfone groups is 1. The van der Waals surface area contributed by atoms with Gasteiger partial charge >= 0.3 is 5.97 Å². The van der Waals surface area contributed by atoms with Gasteiger partial charge in [0.25, 0.3) is 0 Å². The Labute approximate surface area is 117 Å². The molecule has 1 aliphatic rings. The van der Waals surface area contributed by atoms with Crippen molar-refractivity contribution in [3.05, 3.63) is 0 Å². The Bertz CT molecular complexity index is 464. The second kappa shape index (κ2) is 7.00. The Kier molecular flexibility index (Phi) is 5.90. The van der Waals surface area contributed by atoms with Crippen LogP contribution in [0.2, 0.25) is 0 Å². The highest BCUT2D eigenvalue weighted by Crippen LogP contribution is 2.18. The van der Waals surface area contributed by atoms with E-state index in [1.807, 2.05) is 0 Å². The number of hydrogen-bond donors (Lipinski definition) is 2. The molecule has 0 aliphatic carbocycles. The maximum Gasteiger partial charge on any atom is 0.323 e. The standard InChI is InChI=1S/C11H20N2O6S/c1-19-11(16)9-6-8(14)7-13(9)3-5-20(17,18)4-2-10(12)15/h8-9,14H,2-7H2,1H3,(H2,12,15). The van der Waals surface area contributed by atoms with Crippen molar-refractivity contribution >= 4 is 21.7 Å². The second-order valence-electron chi connectivity index (χ2n) is 4.79. The minimum absolute atomic E-state index is 0.109. The van der Waals surface area contributed by atoms with Gasteiger partial charge in [-0.25, -0.2) is 8.42 Å². The fourth-order valence-electron chi connectivity index (χ4n) is 2.12. The van der Waals surface area contributed by atoms with Crippen LogP contribution in [0.5, 0.6) is 0 Å². The van der Waals surface area contributed by atoms with Crippen LogP contribution in [-0.2, 0) is 24.2 Å². The van der Waals surface area contributed by atoms with Crippen LogP contribution in [0.15, 0.2) is 0 Å². The largest absolute Gasteiger partial charge is 0.468 e. The van der Waals surface area contributed by atoms with Gasteiger partial charge in [0.15, 0.2) is 9.84 Å². The van der Waals surface area contributed by atoms with Crippen LogP contribution in [0, 0.1) is 0 Å². The van der Waals surface area contributed by atoms with E-state index in [0.29, 0.717) is 0 Å². The number of carbonyl (C=O) groups is 2. The molecule has 0 spiro atoms. The van der Waals surface area contributed by atoms with Crippen molar-refractivity contribution in [3.63, 3.8) is 0 Å². The fraction of sp³-hybridized carbons (Fsp3) is 0.818. The maximum absolute atomic E-state index is 11.7. The first kappa shape index (κ1) is 16.9. The lowest BCUT2D eigenvalue weighted by atomic mass is 10.2. The Hall–Kier alpha value is -1.19. The number of esters is 1. The van der Waals surface area contributed by atoms with Gasteiger partial charge in [-0.3, -0.25) is 14.5 Å². The van der Waals surface area contributed by atoms with Crippen molar-refractivity contribution in [2.75, 3.05) is 31.7 Å². The van der Waals surface area contributed by atoms with Crippen LogP contribution in [0.25, 0.3) is 0 Å². The molecule has 0 radical (unpaired) electrons. The number of β-amino-alcohol motifs (C(OH)–C–C–N with tert-alkyl or cyclic N) is 1. The Morgan fingerprint density at radius 3 is 2.60 bits per heavy atom. The highest BCUT2D eigenvalue weighted by Gasteiger charge is 2.36. The molecular weight excluding hydrogens is 288 g/mol. The van der Waals surface area contributed by atoms with Crippen LogP contribution in [-0.4, -0.2) is 74.2 Å². The molecule has 0 bridgehead atoms. The summed E-state index contributed by atoms with van der Waals surface area (Å²) in [7, 11) is -2.17. The van der Waals surface area contributed by atoms with E-state index in [2.05, 4.69) is 4.74 Å². The van der Waals surface area contributed by atoms with Gasteiger partial charge in [0, 0.05) is 25.9 Å². The Morgan fingerprint density at radius 1 is 1.40 bits per heavy atom. The Balaban J connectivity index is 2.54. The van der Waals surface area contributed by atoms with Crippen LogP contribution >= 0.6 is 0 Å². The molecule has 1 rings (SSSR count). The molecule has 8 nitrogen and oxygen atoms in total. The molecule has 116 valence electrons. The number of ether oxygens (including phenoxy) is 1. The van der Waals surface area contributed by atoms with Crippen molar-refractivity contribution in [1.29, 1.82) is 0 Å².